The first-order valence-electron chi connectivity index (χ1n) is 8.79. The summed E-state index contributed by atoms with van der Waals surface area (Å²) >= 11 is 5.88. The zero-order chi connectivity index (χ0) is 17.9. The van der Waals surface area contributed by atoms with Crippen molar-refractivity contribution in [1.82, 2.24) is 19.9 Å². The molecule has 136 valence electrons. The van der Waals surface area contributed by atoms with Crippen molar-refractivity contribution < 1.29 is 9.53 Å². The van der Waals surface area contributed by atoms with Gasteiger partial charge in [0.15, 0.2) is 0 Å². The van der Waals surface area contributed by atoms with Crippen LogP contribution in [-0.2, 0) is 0 Å². The Morgan fingerprint density at radius 3 is 2.50 bits per heavy atom. The molecule has 0 atom stereocenters. The van der Waals surface area contributed by atoms with E-state index in [9.17, 15) is 4.79 Å². The number of aromatic nitrogens is 3. The van der Waals surface area contributed by atoms with E-state index in [0.717, 1.165) is 18.9 Å². The summed E-state index contributed by atoms with van der Waals surface area (Å²) in [5, 5.41) is 0.616. The highest BCUT2D eigenvalue weighted by Crippen LogP contribution is 2.29. The smallest absolute Gasteiger partial charge is 0.274 e. The molecule has 1 amide bonds. The summed E-state index contributed by atoms with van der Waals surface area (Å²) in [4.78, 5) is 29.3. The van der Waals surface area contributed by atoms with E-state index in [-0.39, 0.29) is 5.91 Å². The molecule has 2 fully saturated rings. The molecular weight excluding hydrogens is 354 g/mol. The van der Waals surface area contributed by atoms with Gasteiger partial charge in [0.1, 0.15) is 11.5 Å². The number of anilines is 1. The molecule has 4 rings (SSSR count). The zero-order valence-electron chi connectivity index (χ0n) is 14.3. The average molecular weight is 374 g/mol. The molecule has 0 radical (unpaired) electrons. The van der Waals surface area contributed by atoms with Crippen LogP contribution < -0.4 is 9.64 Å². The predicted octanol–water partition coefficient (Wildman–Crippen LogP) is 2.28. The van der Waals surface area contributed by atoms with E-state index < -0.39 is 0 Å². The lowest BCUT2D eigenvalue weighted by Gasteiger charge is -2.35. The third kappa shape index (κ3) is 4.04. The molecule has 2 aromatic rings. The highest BCUT2D eigenvalue weighted by atomic mass is 35.5. The second-order valence-corrected chi connectivity index (χ2v) is 7.04. The van der Waals surface area contributed by atoms with E-state index in [1.54, 1.807) is 11.1 Å². The zero-order valence-corrected chi connectivity index (χ0v) is 15.1. The monoisotopic (exact) mass is 373 g/mol. The second kappa shape index (κ2) is 7.45. The largest absolute Gasteiger partial charge is 0.476 e. The van der Waals surface area contributed by atoms with Crippen molar-refractivity contribution in [3.63, 3.8) is 0 Å². The number of amides is 1. The topological polar surface area (TPSA) is 71.5 Å². The van der Waals surface area contributed by atoms with E-state index in [1.165, 1.54) is 25.2 Å². The molecule has 0 unspecified atom stereocenters. The van der Waals surface area contributed by atoms with Crippen molar-refractivity contribution in [2.45, 2.75) is 12.8 Å². The number of nitrogens with zero attached hydrogens (tertiary/aromatic N) is 5. The van der Waals surface area contributed by atoms with Crippen LogP contribution in [0.3, 0.4) is 0 Å². The summed E-state index contributed by atoms with van der Waals surface area (Å²) in [6.07, 6.45) is 7.11. The number of carbonyl (C=O) groups is 1. The number of hydrogen-bond acceptors (Lipinski definition) is 6. The van der Waals surface area contributed by atoms with Gasteiger partial charge in [-0.2, -0.15) is 0 Å². The van der Waals surface area contributed by atoms with Crippen molar-refractivity contribution in [2.24, 2.45) is 5.92 Å². The molecule has 0 bridgehead atoms. The molecule has 2 aliphatic rings. The second-order valence-electron chi connectivity index (χ2n) is 6.61. The van der Waals surface area contributed by atoms with Crippen LogP contribution in [0.25, 0.3) is 0 Å². The van der Waals surface area contributed by atoms with Gasteiger partial charge in [-0.25, -0.2) is 15.0 Å². The average Bonchev–Trinajstić information content (AvgIpc) is 3.52. The summed E-state index contributed by atoms with van der Waals surface area (Å²) in [7, 11) is 0. The van der Waals surface area contributed by atoms with Crippen LogP contribution in [0, 0.1) is 5.92 Å². The molecule has 0 N–H and O–H groups in total. The van der Waals surface area contributed by atoms with Crippen molar-refractivity contribution >= 4 is 23.3 Å². The minimum atomic E-state index is -0.102. The normalized spacial score (nSPS) is 17.3. The fourth-order valence-corrected chi connectivity index (χ4v) is 2.96. The SMILES string of the molecule is O=C(c1cnc(OCC2CC2)cn1)N1CCN(c2ccc(Cl)cn2)CC1. The first kappa shape index (κ1) is 17.0. The number of piperazine rings is 1. The summed E-state index contributed by atoms with van der Waals surface area (Å²) in [6, 6.07) is 3.72. The lowest BCUT2D eigenvalue weighted by Crippen LogP contribution is -2.49. The van der Waals surface area contributed by atoms with Gasteiger partial charge in [0.25, 0.3) is 5.91 Å². The third-order valence-corrected chi connectivity index (χ3v) is 4.84. The molecule has 8 heteroatoms. The quantitative estimate of drug-likeness (QED) is 0.800. The number of ether oxygens (including phenoxy) is 1. The molecule has 1 aliphatic heterocycles. The van der Waals surface area contributed by atoms with E-state index in [4.69, 9.17) is 16.3 Å². The van der Waals surface area contributed by atoms with Crippen LogP contribution in [0.15, 0.2) is 30.7 Å². The molecule has 0 spiro atoms. The standard InChI is InChI=1S/C18H20ClN5O2/c19-14-3-4-16(21-9-14)23-5-7-24(8-6-23)18(25)15-10-22-17(11-20-15)26-12-13-1-2-13/h3-4,9-11,13H,1-2,5-8,12H2. The molecule has 1 saturated carbocycles. The maximum atomic E-state index is 12.6. The van der Waals surface area contributed by atoms with Gasteiger partial charge in [0.05, 0.1) is 24.0 Å². The highest BCUT2D eigenvalue weighted by Gasteiger charge is 2.24. The number of hydrogen-bond donors (Lipinski definition) is 0. The van der Waals surface area contributed by atoms with E-state index in [0.29, 0.717) is 42.2 Å². The maximum absolute atomic E-state index is 12.6. The minimum Gasteiger partial charge on any atom is -0.476 e. The van der Waals surface area contributed by atoms with Gasteiger partial charge in [-0.1, -0.05) is 11.6 Å². The fourth-order valence-electron chi connectivity index (χ4n) is 2.84. The van der Waals surface area contributed by atoms with E-state index in [1.807, 2.05) is 12.1 Å². The van der Waals surface area contributed by atoms with E-state index >= 15 is 0 Å². The van der Waals surface area contributed by atoms with Crippen molar-refractivity contribution in [1.29, 1.82) is 0 Å². The minimum absolute atomic E-state index is 0.102. The van der Waals surface area contributed by atoms with Crippen molar-refractivity contribution in [3.05, 3.63) is 41.4 Å². The lowest BCUT2D eigenvalue weighted by molar-refractivity contribution is 0.0740. The lowest BCUT2D eigenvalue weighted by atomic mass is 10.2. The van der Waals surface area contributed by atoms with Crippen LogP contribution in [0.4, 0.5) is 5.82 Å². The van der Waals surface area contributed by atoms with Gasteiger partial charge < -0.3 is 14.5 Å². The molecule has 0 aromatic carbocycles. The summed E-state index contributed by atoms with van der Waals surface area (Å²) < 4.78 is 5.56. The maximum Gasteiger partial charge on any atom is 0.274 e. The highest BCUT2D eigenvalue weighted by molar-refractivity contribution is 6.30. The Bertz CT molecular complexity index is 756. The Balaban J connectivity index is 1.31. The Hall–Kier alpha value is -2.41. The van der Waals surface area contributed by atoms with Gasteiger partial charge >= 0.3 is 0 Å². The third-order valence-electron chi connectivity index (χ3n) is 4.61. The number of carbonyl (C=O) groups excluding carboxylic acids is 1. The molecule has 1 aliphatic carbocycles. The number of rotatable bonds is 5. The van der Waals surface area contributed by atoms with Crippen molar-refractivity contribution in [2.75, 3.05) is 37.7 Å². The Labute approximate surface area is 157 Å². The molecule has 3 heterocycles. The number of halogens is 1. The van der Waals surface area contributed by atoms with Crippen LogP contribution in [-0.4, -0.2) is 58.5 Å². The molecule has 2 aromatic heterocycles. The van der Waals surface area contributed by atoms with Crippen molar-refractivity contribution in [3.8, 4) is 5.88 Å². The van der Waals surface area contributed by atoms with Gasteiger partial charge in [-0.15, -0.1) is 0 Å². The summed E-state index contributed by atoms with van der Waals surface area (Å²) in [5.41, 5.74) is 0.349. The fraction of sp³-hybridized carbons (Fsp3) is 0.444. The Morgan fingerprint density at radius 2 is 1.88 bits per heavy atom. The molecule has 7 nitrogen and oxygen atoms in total. The van der Waals surface area contributed by atoms with Gasteiger partial charge in [0, 0.05) is 32.4 Å². The van der Waals surface area contributed by atoms with Crippen LogP contribution in [0.5, 0.6) is 5.88 Å². The predicted molar refractivity (Wildman–Crippen MR) is 97.6 cm³/mol. The first-order valence-corrected chi connectivity index (χ1v) is 9.17. The van der Waals surface area contributed by atoms with Gasteiger partial charge in [-0.3, -0.25) is 4.79 Å². The molecule has 26 heavy (non-hydrogen) atoms. The van der Waals surface area contributed by atoms with Crippen LogP contribution >= 0.6 is 11.6 Å². The molecule has 1 saturated heterocycles. The van der Waals surface area contributed by atoms with Crippen LogP contribution in [0.1, 0.15) is 23.3 Å². The Kier molecular flexibility index (Phi) is 4.88. The van der Waals surface area contributed by atoms with Gasteiger partial charge in [0.2, 0.25) is 5.88 Å². The molecular formula is C18H20ClN5O2. The summed E-state index contributed by atoms with van der Waals surface area (Å²) in [6.45, 7) is 3.35. The summed E-state index contributed by atoms with van der Waals surface area (Å²) in [5.74, 6) is 1.91. The Morgan fingerprint density at radius 1 is 1.08 bits per heavy atom. The van der Waals surface area contributed by atoms with Gasteiger partial charge in [-0.05, 0) is 30.9 Å². The van der Waals surface area contributed by atoms with E-state index in [2.05, 4.69) is 19.9 Å². The van der Waals surface area contributed by atoms with Crippen LogP contribution in [0.2, 0.25) is 5.02 Å². The first-order chi connectivity index (χ1) is 12.7. The number of pyridine rings is 1.